The Kier molecular flexibility index (Phi) is 4.37. The van der Waals surface area contributed by atoms with Crippen LogP contribution in [0, 0.1) is 0 Å². The van der Waals surface area contributed by atoms with Gasteiger partial charge in [-0.15, -0.1) is 11.3 Å². The Morgan fingerprint density at radius 2 is 1.96 bits per heavy atom. The molecule has 0 aliphatic heterocycles. The van der Waals surface area contributed by atoms with Crippen LogP contribution in [0.2, 0.25) is 0 Å². The highest BCUT2D eigenvalue weighted by Gasteiger charge is 2.23. The van der Waals surface area contributed by atoms with E-state index in [2.05, 4.69) is 9.97 Å². The summed E-state index contributed by atoms with van der Waals surface area (Å²) in [5, 5.41) is 1.98. The highest BCUT2D eigenvalue weighted by Crippen LogP contribution is 2.40. The first-order chi connectivity index (χ1) is 11.7. The molecule has 1 unspecified atom stereocenters. The van der Waals surface area contributed by atoms with Crippen LogP contribution in [0.4, 0.5) is 0 Å². The van der Waals surface area contributed by atoms with Crippen LogP contribution >= 0.6 is 23.1 Å². The first kappa shape index (κ1) is 15.8. The molecule has 1 aromatic carbocycles. The summed E-state index contributed by atoms with van der Waals surface area (Å²) in [6.45, 7) is 1.97. The first-order valence-electron chi connectivity index (χ1n) is 8.25. The number of Topliss-reactive ketones (excluding diaryl/α,β-unsaturated/α-hetero) is 1. The second kappa shape index (κ2) is 6.65. The number of thioether (sulfide) groups is 1. The molecule has 5 heteroatoms. The van der Waals surface area contributed by atoms with Crippen LogP contribution in [-0.4, -0.2) is 21.0 Å². The molecule has 3 aromatic rings. The molecule has 0 saturated carbocycles. The molecule has 4 rings (SSSR count). The number of carbonyl (C=O) groups excluding carboxylic acids is 1. The summed E-state index contributed by atoms with van der Waals surface area (Å²) in [4.78, 5) is 24.2. The Labute approximate surface area is 149 Å². The quantitative estimate of drug-likeness (QED) is 0.378. The standard InChI is InChI=1S/C19H18N2OS2/c1-12(17(22)13-7-3-2-4-8-13)23-18-16-14-9-5-6-10-15(14)24-19(16)21-11-20-18/h2-4,7-8,11-12H,5-6,9-10H2,1H3. The Morgan fingerprint density at radius 3 is 2.79 bits per heavy atom. The lowest BCUT2D eigenvalue weighted by Gasteiger charge is -2.13. The van der Waals surface area contributed by atoms with E-state index >= 15 is 0 Å². The van der Waals surface area contributed by atoms with E-state index in [4.69, 9.17) is 0 Å². The topological polar surface area (TPSA) is 42.9 Å². The van der Waals surface area contributed by atoms with Crippen molar-refractivity contribution in [1.82, 2.24) is 9.97 Å². The third-order valence-corrected chi connectivity index (χ3v) is 6.73. The van der Waals surface area contributed by atoms with Gasteiger partial charge < -0.3 is 0 Å². The highest BCUT2D eigenvalue weighted by molar-refractivity contribution is 8.00. The molecule has 1 aliphatic rings. The maximum absolute atomic E-state index is 12.7. The Morgan fingerprint density at radius 1 is 1.17 bits per heavy atom. The van der Waals surface area contributed by atoms with Crippen molar-refractivity contribution in [2.24, 2.45) is 0 Å². The number of aromatic nitrogens is 2. The van der Waals surface area contributed by atoms with E-state index in [1.54, 1.807) is 29.4 Å². The van der Waals surface area contributed by atoms with Gasteiger partial charge in [0.1, 0.15) is 16.2 Å². The number of benzene rings is 1. The summed E-state index contributed by atoms with van der Waals surface area (Å²) in [5.74, 6) is 0.149. The molecule has 2 aromatic heterocycles. The Hall–Kier alpha value is -1.72. The van der Waals surface area contributed by atoms with Crippen molar-refractivity contribution < 1.29 is 4.79 Å². The second-order valence-corrected chi connectivity index (χ2v) is 8.47. The zero-order chi connectivity index (χ0) is 16.5. The molecule has 0 amide bonds. The number of aryl methyl sites for hydroxylation is 2. The normalized spacial score (nSPS) is 15.2. The molecular weight excluding hydrogens is 336 g/mol. The van der Waals surface area contributed by atoms with Crippen molar-refractivity contribution in [3.05, 3.63) is 52.7 Å². The Bertz CT molecular complexity index is 889. The van der Waals surface area contributed by atoms with Gasteiger partial charge in [-0.3, -0.25) is 4.79 Å². The number of ketones is 1. The second-order valence-electron chi connectivity index (χ2n) is 6.06. The minimum atomic E-state index is -0.162. The van der Waals surface area contributed by atoms with Crippen LogP contribution in [0.1, 0.15) is 40.6 Å². The molecule has 2 heterocycles. The van der Waals surface area contributed by atoms with Crippen molar-refractivity contribution in [2.45, 2.75) is 42.9 Å². The first-order valence-corrected chi connectivity index (χ1v) is 9.95. The van der Waals surface area contributed by atoms with Gasteiger partial charge in [0.05, 0.1) is 5.25 Å². The molecule has 0 spiro atoms. The average Bonchev–Trinajstić information content (AvgIpc) is 3.01. The van der Waals surface area contributed by atoms with Crippen LogP contribution in [0.15, 0.2) is 41.7 Å². The van der Waals surface area contributed by atoms with Gasteiger partial charge in [0, 0.05) is 15.8 Å². The fourth-order valence-electron chi connectivity index (χ4n) is 3.21. The molecular formula is C19H18N2OS2. The number of nitrogens with zero attached hydrogens (tertiary/aromatic N) is 2. The number of carbonyl (C=O) groups is 1. The molecule has 1 atom stereocenters. The van der Waals surface area contributed by atoms with Gasteiger partial charge in [-0.2, -0.15) is 0 Å². The third-order valence-electron chi connectivity index (χ3n) is 4.43. The molecule has 122 valence electrons. The summed E-state index contributed by atoms with van der Waals surface area (Å²) in [6, 6.07) is 9.49. The Balaban J connectivity index is 1.67. The van der Waals surface area contributed by atoms with Crippen molar-refractivity contribution in [3.8, 4) is 0 Å². The fraction of sp³-hybridized carbons (Fsp3) is 0.316. The minimum Gasteiger partial charge on any atom is -0.293 e. The third kappa shape index (κ3) is 2.87. The smallest absolute Gasteiger partial charge is 0.175 e. The van der Waals surface area contributed by atoms with E-state index in [1.165, 1.54) is 28.7 Å². The van der Waals surface area contributed by atoms with Gasteiger partial charge in [0.15, 0.2) is 5.78 Å². The maximum atomic E-state index is 12.7. The van der Waals surface area contributed by atoms with Gasteiger partial charge in [-0.25, -0.2) is 9.97 Å². The monoisotopic (exact) mass is 354 g/mol. The van der Waals surface area contributed by atoms with E-state index in [0.717, 1.165) is 28.3 Å². The van der Waals surface area contributed by atoms with Crippen LogP contribution in [0.25, 0.3) is 10.2 Å². The van der Waals surface area contributed by atoms with Crippen molar-refractivity contribution >= 4 is 39.1 Å². The van der Waals surface area contributed by atoms with E-state index in [9.17, 15) is 4.79 Å². The molecule has 24 heavy (non-hydrogen) atoms. The number of hydrogen-bond donors (Lipinski definition) is 0. The molecule has 0 saturated heterocycles. The zero-order valence-electron chi connectivity index (χ0n) is 13.5. The lowest BCUT2D eigenvalue weighted by Crippen LogP contribution is -2.13. The van der Waals surface area contributed by atoms with Crippen LogP contribution in [0.3, 0.4) is 0 Å². The lowest BCUT2D eigenvalue weighted by molar-refractivity contribution is 0.0994. The van der Waals surface area contributed by atoms with Gasteiger partial charge in [-0.1, -0.05) is 42.1 Å². The van der Waals surface area contributed by atoms with Crippen LogP contribution in [-0.2, 0) is 12.8 Å². The van der Waals surface area contributed by atoms with Gasteiger partial charge in [-0.05, 0) is 38.2 Å². The van der Waals surface area contributed by atoms with Crippen LogP contribution < -0.4 is 0 Å². The number of rotatable bonds is 4. The molecule has 0 bridgehead atoms. The van der Waals surface area contributed by atoms with Crippen molar-refractivity contribution in [3.63, 3.8) is 0 Å². The fourth-order valence-corrected chi connectivity index (χ4v) is 5.53. The molecule has 0 fully saturated rings. The number of hydrogen-bond acceptors (Lipinski definition) is 5. The average molecular weight is 354 g/mol. The predicted octanol–water partition coefficient (Wildman–Crippen LogP) is 4.93. The summed E-state index contributed by atoms with van der Waals surface area (Å²) in [7, 11) is 0. The molecule has 0 radical (unpaired) electrons. The molecule has 1 aliphatic carbocycles. The zero-order valence-corrected chi connectivity index (χ0v) is 15.1. The highest BCUT2D eigenvalue weighted by atomic mass is 32.2. The van der Waals surface area contributed by atoms with E-state index in [0.29, 0.717) is 0 Å². The van der Waals surface area contributed by atoms with Gasteiger partial charge in [0.2, 0.25) is 0 Å². The van der Waals surface area contributed by atoms with Gasteiger partial charge in [0.25, 0.3) is 0 Å². The van der Waals surface area contributed by atoms with Gasteiger partial charge >= 0.3 is 0 Å². The summed E-state index contributed by atoms with van der Waals surface area (Å²) < 4.78 is 0. The van der Waals surface area contributed by atoms with E-state index in [-0.39, 0.29) is 11.0 Å². The summed E-state index contributed by atoms with van der Waals surface area (Å²) in [6.07, 6.45) is 6.39. The van der Waals surface area contributed by atoms with Crippen molar-refractivity contribution in [1.29, 1.82) is 0 Å². The van der Waals surface area contributed by atoms with Crippen LogP contribution in [0.5, 0.6) is 0 Å². The largest absolute Gasteiger partial charge is 0.293 e. The summed E-state index contributed by atoms with van der Waals surface area (Å²) >= 11 is 3.36. The number of thiophene rings is 1. The predicted molar refractivity (Wildman–Crippen MR) is 100 cm³/mol. The molecule has 3 nitrogen and oxygen atoms in total. The van der Waals surface area contributed by atoms with E-state index in [1.807, 2.05) is 37.3 Å². The number of fused-ring (bicyclic) bond motifs is 3. The molecule has 0 N–H and O–H groups in total. The maximum Gasteiger partial charge on any atom is 0.175 e. The summed E-state index contributed by atoms with van der Waals surface area (Å²) in [5.41, 5.74) is 2.18. The van der Waals surface area contributed by atoms with E-state index < -0.39 is 0 Å². The SMILES string of the molecule is CC(Sc1ncnc2sc3c(c12)CCCC3)C(=O)c1ccccc1. The lowest BCUT2D eigenvalue weighted by atomic mass is 9.97. The minimum absolute atomic E-state index is 0.149. The van der Waals surface area contributed by atoms with Crippen molar-refractivity contribution in [2.75, 3.05) is 0 Å².